The third kappa shape index (κ3) is 4.75. The first-order chi connectivity index (χ1) is 15.1. The number of hydrogen-bond donors (Lipinski definition) is 3. The van der Waals surface area contributed by atoms with Gasteiger partial charge in [0.1, 0.15) is 11.6 Å². The van der Waals surface area contributed by atoms with Crippen LogP contribution in [0, 0.1) is 18.7 Å². The molecule has 9 heteroatoms. The van der Waals surface area contributed by atoms with Crippen molar-refractivity contribution < 1.29 is 29.0 Å². The number of phenolic OH excluding ortho intramolecular Hbond substituents is 1. The maximum absolute atomic E-state index is 13.9. The lowest BCUT2D eigenvalue weighted by molar-refractivity contribution is -0.141. The highest BCUT2D eigenvalue weighted by molar-refractivity contribution is 6.30. The van der Waals surface area contributed by atoms with Gasteiger partial charge in [-0.15, -0.1) is 0 Å². The fourth-order valence-corrected chi connectivity index (χ4v) is 3.61. The number of hydrogen-bond acceptors (Lipinski definition) is 4. The summed E-state index contributed by atoms with van der Waals surface area (Å²) in [6.45, 7) is 3.21. The Bertz CT molecular complexity index is 1220. The van der Waals surface area contributed by atoms with E-state index in [1.807, 2.05) is 0 Å². The summed E-state index contributed by atoms with van der Waals surface area (Å²) in [6.07, 6.45) is 0.319. The first kappa shape index (κ1) is 23.3. The van der Waals surface area contributed by atoms with Crippen LogP contribution >= 0.6 is 11.6 Å². The van der Waals surface area contributed by atoms with Crippen molar-refractivity contribution >= 4 is 40.3 Å². The van der Waals surface area contributed by atoms with Crippen LogP contribution in [0.1, 0.15) is 35.0 Å². The molecule has 0 aliphatic carbocycles. The van der Waals surface area contributed by atoms with Crippen LogP contribution in [0.2, 0.25) is 5.02 Å². The van der Waals surface area contributed by atoms with E-state index in [0.717, 1.165) is 6.07 Å². The molecule has 3 rings (SSSR count). The molecule has 0 radical (unpaired) electrons. The minimum absolute atomic E-state index is 0.000575. The molecule has 2 aromatic carbocycles. The second-order valence-corrected chi connectivity index (χ2v) is 7.99. The van der Waals surface area contributed by atoms with Gasteiger partial charge in [0.25, 0.3) is 5.91 Å². The van der Waals surface area contributed by atoms with E-state index in [2.05, 4.69) is 5.32 Å². The third-order valence-corrected chi connectivity index (χ3v) is 5.62. The Morgan fingerprint density at radius 2 is 1.91 bits per heavy atom. The van der Waals surface area contributed by atoms with Gasteiger partial charge in [0, 0.05) is 29.6 Å². The SMILES string of the molecule is Cc1c(CCC(=O)NC[C@H](C)C(=O)O)c2cc(O)ccc2n1C(=O)c1ccc(Cl)c(F)c1. The molecular formula is C23H22ClFN2O5. The number of rotatable bonds is 7. The minimum Gasteiger partial charge on any atom is -0.508 e. The molecule has 1 atom stereocenters. The second kappa shape index (κ2) is 9.40. The number of nitrogens with one attached hydrogen (secondary N) is 1. The predicted octanol–water partition coefficient (Wildman–Crippen LogP) is 3.91. The van der Waals surface area contributed by atoms with E-state index in [1.54, 1.807) is 13.0 Å². The van der Waals surface area contributed by atoms with Crippen molar-refractivity contribution in [2.45, 2.75) is 26.7 Å². The van der Waals surface area contributed by atoms with Crippen molar-refractivity contribution in [3.8, 4) is 5.75 Å². The van der Waals surface area contributed by atoms with E-state index >= 15 is 0 Å². The Hall–Kier alpha value is -3.39. The first-order valence-corrected chi connectivity index (χ1v) is 10.3. The molecule has 0 bridgehead atoms. The zero-order chi connectivity index (χ0) is 23.6. The number of aromatic nitrogens is 1. The maximum atomic E-state index is 13.9. The summed E-state index contributed by atoms with van der Waals surface area (Å²) in [5.41, 5.74) is 1.85. The Morgan fingerprint density at radius 3 is 2.56 bits per heavy atom. The highest BCUT2D eigenvalue weighted by atomic mass is 35.5. The summed E-state index contributed by atoms with van der Waals surface area (Å²) < 4.78 is 15.3. The van der Waals surface area contributed by atoms with Crippen molar-refractivity contribution in [2.24, 2.45) is 5.92 Å². The molecular weight excluding hydrogens is 439 g/mol. The van der Waals surface area contributed by atoms with Crippen LogP contribution in [0.15, 0.2) is 36.4 Å². The van der Waals surface area contributed by atoms with Crippen LogP contribution in [0.5, 0.6) is 5.75 Å². The molecule has 1 heterocycles. The molecule has 0 fully saturated rings. The lowest BCUT2D eigenvalue weighted by atomic mass is 10.1. The second-order valence-electron chi connectivity index (χ2n) is 7.58. The van der Waals surface area contributed by atoms with Crippen LogP contribution in [-0.2, 0) is 16.0 Å². The molecule has 0 spiro atoms. The lowest BCUT2D eigenvalue weighted by Crippen LogP contribution is -2.31. The van der Waals surface area contributed by atoms with Gasteiger partial charge in [-0.05, 0) is 55.3 Å². The summed E-state index contributed by atoms with van der Waals surface area (Å²) in [5, 5.41) is 22.0. The van der Waals surface area contributed by atoms with Gasteiger partial charge in [0.2, 0.25) is 5.91 Å². The zero-order valence-electron chi connectivity index (χ0n) is 17.5. The van der Waals surface area contributed by atoms with Gasteiger partial charge in [0.15, 0.2) is 0 Å². The number of fused-ring (bicyclic) bond motifs is 1. The van der Waals surface area contributed by atoms with Crippen LogP contribution in [0.3, 0.4) is 0 Å². The lowest BCUT2D eigenvalue weighted by Gasteiger charge is -2.09. The number of aromatic hydroxyl groups is 1. The first-order valence-electron chi connectivity index (χ1n) is 9.92. The number of carbonyl (C=O) groups excluding carboxylic acids is 2. The maximum Gasteiger partial charge on any atom is 0.308 e. The number of carboxylic acid groups (broad SMARTS) is 1. The molecule has 0 aliphatic rings. The van der Waals surface area contributed by atoms with Gasteiger partial charge in [0.05, 0.1) is 16.5 Å². The molecule has 1 aromatic heterocycles. The molecule has 168 valence electrons. The number of carboxylic acids is 1. The van der Waals surface area contributed by atoms with E-state index in [-0.39, 0.29) is 41.6 Å². The summed E-state index contributed by atoms with van der Waals surface area (Å²) >= 11 is 5.72. The normalized spacial score (nSPS) is 12.0. The monoisotopic (exact) mass is 460 g/mol. The summed E-state index contributed by atoms with van der Waals surface area (Å²) in [6, 6.07) is 8.33. The minimum atomic E-state index is -1.00. The molecule has 1 amide bonds. The van der Waals surface area contributed by atoms with E-state index in [4.69, 9.17) is 16.7 Å². The quantitative estimate of drug-likeness (QED) is 0.495. The molecule has 0 unspecified atom stereocenters. The Kier molecular flexibility index (Phi) is 6.84. The van der Waals surface area contributed by atoms with Crippen LogP contribution in [0.25, 0.3) is 10.9 Å². The highest BCUT2D eigenvalue weighted by Crippen LogP contribution is 2.31. The summed E-state index contributed by atoms with van der Waals surface area (Å²) in [7, 11) is 0. The van der Waals surface area contributed by atoms with Gasteiger partial charge in [-0.2, -0.15) is 0 Å². The third-order valence-electron chi connectivity index (χ3n) is 5.32. The van der Waals surface area contributed by atoms with Crippen molar-refractivity contribution in [1.29, 1.82) is 0 Å². The number of carbonyl (C=O) groups is 3. The van der Waals surface area contributed by atoms with Crippen LogP contribution in [0.4, 0.5) is 4.39 Å². The largest absolute Gasteiger partial charge is 0.508 e. The van der Waals surface area contributed by atoms with Crippen molar-refractivity contribution in [2.75, 3.05) is 6.54 Å². The predicted molar refractivity (Wildman–Crippen MR) is 118 cm³/mol. The average molecular weight is 461 g/mol. The van der Waals surface area contributed by atoms with Crippen molar-refractivity contribution in [1.82, 2.24) is 9.88 Å². The smallest absolute Gasteiger partial charge is 0.308 e. The van der Waals surface area contributed by atoms with E-state index < -0.39 is 23.6 Å². The van der Waals surface area contributed by atoms with Gasteiger partial charge in [-0.3, -0.25) is 19.0 Å². The summed E-state index contributed by atoms with van der Waals surface area (Å²) in [4.78, 5) is 36.3. The molecule has 0 saturated carbocycles. The van der Waals surface area contributed by atoms with E-state index in [9.17, 15) is 23.9 Å². The molecule has 3 aromatic rings. The number of phenols is 1. The summed E-state index contributed by atoms with van der Waals surface area (Å²) in [5.74, 6) is -3.23. The number of benzene rings is 2. The van der Waals surface area contributed by atoms with Gasteiger partial charge >= 0.3 is 5.97 Å². The fourth-order valence-electron chi connectivity index (χ4n) is 3.49. The van der Waals surface area contributed by atoms with Gasteiger partial charge < -0.3 is 15.5 Å². The average Bonchev–Trinajstić information content (AvgIpc) is 3.02. The zero-order valence-corrected chi connectivity index (χ0v) is 18.2. The standard InChI is InChI=1S/C23H22ClFN2O5/c1-12(23(31)32)11-26-21(29)8-5-16-13(2)27(20-7-4-15(28)10-17(16)20)22(30)14-3-6-18(24)19(25)9-14/h3-4,6-7,9-10,12,28H,5,8,11H2,1-2H3,(H,26,29)(H,31,32)/t12-/m0/s1. The number of aryl methyl sites for hydroxylation is 1. The van der Waals surface area contributed by atoms with Crippen molar-refractivity contribution in [3.05, 3.63) is 64.1 Å². The fraction of sp³-hybridized carbons (Fsp3) is 0.261. The van der Waals surface area contributed by atoms with Crippen LogP contribution in [-0.4, -0.2) is 39.1 Å². The van der Waals surface area contributed by atoms with Crippen LogP contribution < -0.4 is 5.32 Å². The Morgan fingerprint density at radius 1 is 1.19 bits per heavy atom. The molecule has 3 N–H and O–H groups in total. The van der Waals surface area contributed by atoms with Crippen molar-refractivity contribution in [3.63, 3.8) is 0 Å². The number of nitrogens with zero attached hydrogens (tertiary/aromatic N) is 1. The van der Waals surface area contributed by atoms with Gasteiger partial charge in [-0.25, -0.2) is 4.39 Å². The number of aliphatic carboxylic acids is 1. The van der Waals surface area contributed by atoms with E-state index in [0.29, 0.717) is 22.2 Å². The Balaban J connectivity index is 1.92. The van der Waals surface area contributed by atoms with E-state index in [1.165, 1.54) is 35.8 Å². The molecule has 7 nitrogen and oxygen atoms in total. The molecule has 0 saturated heterocycles. The van der Waals surface area contributed by atoms with Gasteiger partial charge in [-0.1, -0.05) is 18.5 Å². The molecule has 32 heavy (non-hydrogen) atoms. The number of amides is 1. The molecule has 0 aliphatic heterocycles. The topological polar surface area (TPSA) is 109 Å². The Labute approximate surface area is 188 Å². The highest BCUT2D eigenvalue weighted by Gasteiger charge is 2.22. The number of halogens is 2.